The number of benzene rings is 2. The maximum atomic E-state index is 12.6. The van der Waals surface area contributed by atoms with Crippen molar-refractivity contribution in [2.45, 2.75) is 30.7 Å². The first-order chi connectivity index (χ1) is 12.9. The van der Waals surface area contributed by atoms with Crippen LogP contribution in [-0.4, -0.2) is 31.1 Å². The lowest BCUT2D eigenvalue weighted by Gasteiger charge is -2.21. The number of rotatable bonds is 5. The quantitative estimate of drug-likeness (QED) is 0.858. The van der Waals surface area contributed by atoms with E-state index in [-0.39, 0.29) is 16.5 Å². The van der Waals surface area contributed by atoms with E-state index in [0.29, 0.717) is 10.2 Å². The van der Waals surface area contributed by atoms with Crippen molar-refractivity contribution in [3.05, 3.63) is 65.2 Å². The van der Waals surface area contributed by atoms with Gasteiger partial charge in [0.15, 0.2) is 0 Å². The predicted octanol–water partition coefficient (Wildman–Crippen LogP) is 2.41. The minimum absolute atomic E-state index is 0.0416. The molecule has 0 spiro atoms. The SMILES string of the molecule is Cc1ccc(C(NC(=O)CN2C(=O)c3ccccc3S2(=O)=O)C2CC2)cc1. The zero-order valence-corrected chi connectivity index (χ0v) is 15.7. The van der Waals surface area contributed by atoms with Crippen LogP contribution in [0.4, 0.5) is 0 Å². The van der Waals surface area contributed by atoms with E-state index in [0.717, 1.165) is 24.0 Å². The number of sulfonamides is 1. The average Bonchev–Trinajstić information content (AvgIpc) is 3.47. The molecule has 1 atom stereocenters. The molecule has 0 aromatic heterocycles. The lowest BCUT2D eigenvalue weighted by atomic mass is 10.0. The molecule has 140 valence electrons. The summed E-state index contributed by atoms with van der Waals surface area (Å²) < 4.78 is 25.8. The third kappa shape index (κ3) is 3.23. The predicted molar refractivity (Wildman–Crippen MR) is 99.5 cm³/mol. The molecular formula is C20H20N2O4S. The zero-order valence-electron chi connectivity index (χ0n) is 14.9. The van der Waals surface area contributed by atoms with Crippen molar-refractivity contribution in [2.75, 3.05) is 6.54 Å². The Bertz CT molecular complexity index is 1010. The van der Waals surface area contributed by atoms with E-state index in [4.69, 9.17) is 0 Å². The molecule has 0 bridgehead atoms. The van der Waals surface area contributed by atoms with Gasteiger partial charge < -0.3 is 5.32 Å². The maximum absolute atomic E-state index is 12.6. The Labute approximate surface area is 158 Å². The van der Waals surface area contributed by atoms with E-state index in [1.807, 2.05) is 31.2 Å². The summed E-state index contributed by atoms with van der Waals surface area (Å²) >= 11 is 0. The van der Waals surface area contributed by atoms with Crippen LogP contribution in [0.25, 0.3) is 0 Å². The summed E-state index contributed by atoms with van der Waals surface area (Å²) in [6, 6.07) is 13.8. The van der Waals surface area contributed by atoms with Gasteiger partial charge in [0, 0.05) is 0 Å². The van der Waals surface area contributed by atoms with Crippen LogP contribution < -0.4 is 5.32 Å². The molecule has 0 radical (unpaired) electrons. The Morgan fingerprint density at radius 1 is 1.15 bits per heavy atom. The Hall–Kier alpha value is -2.67. The number of carbonyl (C=O) groups excluding carboxylic acids is 2. The van der Waals surface area contributed by atoms with Crippen LogP contribution in [0.3, 0.4) is 0 Å². The van der Waals surface area contributed by atoms with Crippen molar-refractivity contribution in [1.82, 2.24) is 9.62 Å². The van der Waals surface area contributed by atoms with Crippen molar-refractivity contribution in [3.63, 3.8) is 0 Å². The number of carbonyl (C=O) groups is 2. The Kier molecular flexibility index (Phi) is 4.26. The highest BCUT2D eigenvalue weighted by Gasteiger charge is 2.42. The third-order valence-electron chi connectivity index (χ3n) is 5.05. The van der Waals surface area contributed by atoms with Crippen LogP contribution in [0.5, 0.6) is 0 Å². The van der Waals surface area contributed by atoms with Gasteiger partial charge in [0.05, 0.1) is 11.6 Å². The monoisotopic (exact) mass is 384 g/mol. The first kappa shape index (κ1) is 17.7. The van der Waals surface area contributed by atoms with Crippen LogP contribution in [0, 0.1) is 12.8 Å². The second-order valence-electron chi connectivity index (χ2n) is 7.11. The van der Waals surface area contributed by atoms with Crippen LogP contribution in [0.15, 0.2) is 53.4 Å². The number of hydrogen-bond donors (Lipinski definition) is 1. The molecule has 7 heteroatoms. The average molecular weight is 384 g/mol. The topological polar surface area (TPSA) is 83.6 Å². The molecule has 6 nitrogen and oxygen atoms in total. The van der Waals surface area contributed by atoms with E-state index in [1.165, 1.54) is 12.1 Å². The van der Waals surface area contributed by atoms with Gasteiger partial charge in [-0.15, -0.1) is 0 Å². The molecule has 1 unspecified atom stereocenters. The van der Waals surface area contributed by atoms with Gasteiger partial charge in [-0.3, -0.25) is 9.59 Å². The molecule has 1 heterocycles. The second-order valence-corrected chi connectivity index (χ2v) is 8.94. The third-order valence-corrected chi connectivity index (χ3v) is 6.83. The van der Waals surface area contributed by atoms with E-state index in [2.05, 4.69) is 5.32 Å². The van der Waals surface area contributed by atoms with Crippen LogP contribution in [0.2, 0.25) is 0 Å². The number of hydrogen-bond acceptors (Lipinski definition) is 4. The molecule has 1 aliphatic carbocycles. The summed E-state index contributed by atoms with van der Waals surface area (Å²) in [6.45, 7) is 1.49. The molecule has 2 aromatic rings. The highest BCUT2D eigenvalue weighted by Crippen LogP contribution is 2.41. The molecular weight excluding hydrogens is 364 g/mol. The Morgan fingerprint density at radius 3 is 2.44 bits per heavy atom. The van der Waals surface area contributed by atoms with Gasteiger partial charge in [-0.2, -0.15) is 0 Å². The van der Waals surface area contributed by atoms with Gasteiger partial charge >= 0.3 is 0 Å². The summed E-state index contributed by atoms with van der Waals surface area (Å²) in [5.74, 6) is -0.781. The summed E-state index contributed by atoms with van der Waals surface area (Å²) in [5.41, 5.74) is 2.24. The molecule has 2 amide bonds. The lowest BCUT2D eigenvalue weighted by molar-refractivity contribution is -0.121. The number of fused-ring (bicyclic) bond motifs is 1. The van der Waals surface area contributed by atoms with Crippen molar-refractivity contribution < 1.29 is 18.0 Å². The first-order valence-electron chi connectivity index (χ1n) is 8.90. The van der Waals surface area contributed by atoms with E-state index >= 15 is 0 Å². The molecule has 2 aliphatic rings. The van der Waals surface area contributed by atoms with Crippen molar-refractivity contribution in [1.29, 1.82) is 0 Å². The minimum Gasteiger partial charge on any atom is -0.347 e. The molecule has 0 saturated heterocycles. The van der Waals surface area contributed by atoms with Crippen molar-refractivity contribution in [2.24, 2.45) is 5.92 Å². The van der Waals surface area contributed by atoms with Crippen LogP contribution >= 0.6 is 0 Å². The summed E-state index contributed by atoms with van der Waals surface area (Å²) in [4.78, 5) is 25.0. The number of amides is 2. The Balaban J connectivity index is 1.52. The summed E-state index contributed by atoms with van der Waals surface area (Å²) in [7, 11) is -3.98. The first-order valence-corrected chi connectivity index (χ1v) is 10.3. The summed E-state index contributed by atoms with van der Waals surface area (Å²) in [5, 5.41) is 2.93. The molecule has 27 heavy (non-hydrogen) atoms. The normalized spacial score (nSPS) is 18.9. The van der Waals surface area contributed by atoms with Gasteiger partial charge in [0.25, 0.3) is 15.9 Å². The fraction of sp³-hybridized carbons (Fsp3) is 0.300. The van der Waals surface area contributed by atoms with Crippen molar-refractivity contribution >= 4 is 21.8 Å². The Morgan fingerprint density at radius 2 is 1.81 bits per heavy atom. The highest BCUT2D eigenvalue weighted by atomic mass is 32.2. The molecule has 4 rings (SSSR count). The van der Waals surface area contributed by atoms with Gasteiger partial charge in [-0.25, -0.2) is 12.7 Å². The molecule has 1 fully saturated rings. The highest BCUT2D eigenvalue weighted by molar-refractivity contribution is 7.90. The molecule has 1 N–H and O–H groups in total. The molecule has 1 aliphatic heterocycles. The van der Waals surface area contributed by atoms with E-state index in [9.17, 15) is 18.0 Å². The van der Waals surface area contributed by atoms with Crippen LogP contribution in [-0.2, 0) is 14.8 Å². The van der Waals surface area contributed by atoms with E-state index < -0.39 is 28.4 Å². The zero-order chi connectivity index (χ0) is 19.2. The largest absolute Gasteiger partial charge is 0.347 e. The second kappa shape index (κ2) is 6.49. The lowest BCUT2D eigenvalue weighted by Crippen LogP contribution is -2.42. The number of aryl methyl sites for hydroxylation is 1. The molecule has 2 aromatic carbocycles. The van der Waals surface area contributed by atoms with Gasteiger partial charge in [-0.05, 0) is 43.4 Å². The van der Waals surface area contributed by atoms with Gasteiger partial charge in [-0.1, -0.05) is 42.0 Å². The minimum atomic E-state index is -3.98. The maximum Gasteiger partial charge on any atom is 0.269 e. The summed E-state index contributed by atoms with van der Waals surface area (Å²) in [6.07, 6.45) is 2.04. The standard InChI is InChI=1S/C20H20N2O4S/c1-13-6-8-14(9-7-13)19(15-10-11-15)21-18(23)12-22-20(24)16-4-2-3-5-17(16)27(22,25)26/h2-9,15,19H,10-12H2,1H3,(H,21,23). The number of nitrogens with zero attached hydrogens (tertiary/aromatic N) is 1. The fourth-order valence-electron chi connectivity index (χ4n) is 3.41. The molecule has 1 saturated carbocycles. The van der Waals surface area contributed by atoms with Crippen molar-refractivity contribution in [3.8, 4) is 0 Å². The van der Waals surface area contributed by atoms with Gasteiger partial charge in [0.2, 0.25) is 5.91 Å². The smallest absolute Gasteiger partial charge is 0.269 e. The van der Waals surface area contributed by atoms with Gasteiger partial charge in [0.1, 0.15) is 11.4 Å². The van der Waals surface area contributed by atoms with Crippen LogP contribution in [0.1, 0.15) is 40.4 Å². The fourth-order valence-corrected chi connectivity index (χ4v) is 4.94. The number of nitrogens with one attached hydrogen (secondary N) is 1. The van der Waals surface area contributed by atoms with E-state index in [1.54, 1.807) is 12.1 Å².